The molecule has 1 aliphatic carbocycles. The van der Waals surface area contributed by atoms with Crippen molar-refractivity contribution < 1.29 is 27.6 Å². The van der Waals surface area contributed by atoms with Crippen molar-refractivity contribution in [1.82, 2.24) is 26.3 Å². The molecular weight excluding hydrogens is 556 g/mol. The predicted octanol–water partition coefficient (Wildman–Crippen LogP) is 2.98. The number of hydrogen-bond donors (Lipinski definition) is 6. The molecule has 0 aromatic carbocycles. The molecule has 0 radical (unpaired) electrons. The third-order valence-electron chi connectivity index (χ3n) is 6.90. The van der Waals surface area contributed by atoms with Crippen LogP contribution < -0.4 is 21.3 Å². The van der Waals surface area contributed by atoms with Gasteiger partial charge in [-0.15, -0.1) is 20.8 Å². The number of nitrogens with one attached hydrogen (secondary N) is 4. The molecule has 6 N–H and O–H groups in total. The second kappa shape index (κ2) is 14.9. The summed E-state index contributed by atoms with van der Waals surface area (Å²) in [4.78, 5) is 7.78. The van der Waals surface area contributed by atoms with E-state index in [-0.39, 0.29) is 30.0 Å². The molecule has 1 aromatic heterocycles. The highest BCUT2D eigenvalue weighted by atomic mass is 32.2. The average Bonchev–Trinajstić information content (AvgIpc) is 3.25. The first-order chi connectivity index (χ1) is 18.2. The number of aryl methyl sites for hydroxylation is 1. The van der Waals surface area contributed by atoms with Crippen LogP contribution in [0.4, 0.5) is 10.1 Å². The molecule has 0 spiro atoms. The maximum atomic E-state index is 11.1. The van der Waals surface area contributed by atoms with Crippen LogP contribution in [0.1, 0.15) is 45.2 Å². The summed E-state index contributed by atoms with van der Waals surface area (Å²) in [5.41, 5.74) is 0.624. The molecule has 1 aliphatic heterocycles. The summed E-state index contributed by atoms with van der Waals surface area (Å²) in [6.45, 7) is 13.8. The van der Waals surface area contributed by atoms with Crippen LogP contribution in [0.25, 0.3) is 4.85 Å². The van der Waals surface area contributed by atoms with E-state index >= 15 is 0 Å². The topological polar surface area (TPSA) is 183 Å². The summed E-state index contributed by atoms with van der Waals surface area (Å²) >= 11 is 2.33. The maximum absolute atomic E-state index is 11.1. The van der Waals surface area contributed by atoms with Gasteiger partial charge in [0.05, 0.1) is 24.2 Å². The van der Waals surface area contributed by atoms with Gasteiger partial charge in [0, 0.05) is 36.4 Å². The summed E-state index contributed by atoms with van der Waals surface area (Å²) in [5.74, 6) is 0.256. The van der Waals surface area contributed by atoms with E-state index in [0.29, 0.717) is 34.2 Å². The normalized spacial score (nSPS) is 30.5. The van der Waals surface area contributed by atoms with Gasteiger partial charge in [-0.3, -0.25) is 25.8 Å². The summed E-state index contributed by atoms with van der Waals surface area (Å²) < 4.78 is 36.1. The predicted molar refractivity (Wildman–Crippen MR) is 144 cm³/mol. The Morgan fingerprint density at radius 2 is 2.03 bits per heavy atom. The minimum Gasteiger partial charge on any atom is -0.297 e. The lowest BCUT2D eigenvalue weighted by molar-refractivity contribution is -0.432. The lowest BCUT2D eigenvalue weighted by atomic mass is 9.74. The highest BCUT2D eigenvalue weighted by Crippen LogP contribution is 2.40. The zero-order valence-electron chi connectivity index (χ0n) is 21.5. The molecule has 1 saturated heterocycles. The zero-order valence-corrected chi connectivity index (χ0v) is 24.0. The van der Waals surface area contributed by atoms with Crippen LogP contribution in [0.15, 0.2) is 10.2 Å². The zero-order chi connectivity index (χ0) is 27.7. The second-order valence-electron chi connectivity index (χ2n) is 9.37. The summed E-state index contributed by atoms with van der Waals surface area (Å²) in [7, 11) is -4.08. The fourth-order valence-corrected chi connectivity index (χ4v) is 6.86. The van der Waals surface area contributed by atoms with Crippen LogP contribution in [-0.4, -0.2) is 71.8 Å². The molecule has 0 amide bonds. The number of aromatic nitrogens is 1. The van der Waals surface area contributed by atoms with E-state index in [9.17, 15) is 8.42 Å². The van der Waals surface area contributed by atoms with Crippen molar-refractivity contribution in [3.63, 3.8) is 0 Å². The Morgan fingerprint density at radius 1 is 1.32 bits per heavy atom. The molecule has 1 aromatic rings. The van der Waals surface area contributed by atoms with E-state index in [4.69, 9.17) is 20.7 Å². The van der Waals surface area contributed by atoms with Gasteiger partial charge in [0.15, 0.2) is 0 Å². The number of rotatable bonds is 13. The molecule has 3 rings (SSSR count). The Kier molecular flexibility index (Phi) is 12.3. The molecule has 2 heterocycles. The van der Waals surface area contributed by atoms with Crippen LogP contribution in [0.2, 0.25) is 0 Å². The van der Waals surface area contributed by atoms with Gasteiger partial charge < -0.3 is 0 Å². The van der Waals surface area contributed by atoms with Gasteiger partial charge in [-0.1, -0.05) is 31.7 Å². The smallest absolute Gasteiger partial charge is 0.266 e. The summed E-state index contributed by atoms with van der Waals surface area (Å²) in [6, 6.07) is -0.150. The number of nitrogens with zero attached hydrogens (tertiary/aromatic N) is 4. The molecule has 5 unspecified atom stereocenters. The minimum atomic E-state index is -4.08. The van der Waals surface area contributed by atoms with Crippen LogP contribution in [0, 0.1) is 25.3 Å². The molecule has 5 atom stereocenters. The first-order valence-corrected chi connectivity index (χ1v) is 15.7. The quantitative estimate of drug-likeness (QED) is 0.0492. The summed E-state index contributed by atoms with van der Waals surface area (Å²) in [6.07, 6.45) is 2.91. The van der Waals surface area contributed by atoms with E-state index in [1.807, 2.05) is 0 Å². The lowest BCUT2D eigenvalue weighted by Crippen LogP contribution is -2.71. The van der Waals surface area contributed by atoms with Crippen molar-refractivity contribution in [2.75, 3.05) is 18.8 Å². The fraction of sp³-hybridized carbons (Fsp3) is 0.810. The average molecular weight is 593 g/mol. The first-order valence-electron chi connectivity index (χ1n) is 12.5. The molecule has 14 nitrogen and oxygen atoms in total. The molecule has 214 valence electrons. The van der Waals surface area contributed by atoms with E-state index in [2.05, 4.69) is 60.2 Å². The van der Waals surface area contributed by atoms with Crippen molar-refractivity contribution in [3.05, 3.63) is 17.1 Å². The Bertz CT molecular complexity index is 1050. The highest BCUT2D eigenvalue weighted by Gasteiger charge is 2.40. The molecule has 38 heavy (non-hydrogen) atoms. The Balaban J connectivity index is 1.76. The van der Waals surface area contributed by atoms with Crippen molar-refractivity contribution in [2.24, 2.45) is 22.1 Å². The van der Waals surface area contributed by atoms with E-state index in [0.717, 1.165) is 37.7 Å². The van der Waals surface area contributed by atoms with Gasteiger partial charge in [-0.25, -0.2) is 15.1 Å². The van der Waals surface area contributed by atoms with Crippen LogP contribution in [-0.2, 0) is 19.5 Å². The fourth-order valence-electron chi connectivity index (χ4n) is 5.00. The van der Waals surface area contributed by atoms with Gasteiger partial charge in [0.25, 0.3) is 15.1 Å². The number of azo groups is 1. The molecule has 0 bridgehead atoms. The van der Waals surface area contributed by atoms with Gasteiger partial charge in [-0.05, 0) is 31.6 Å². The Hall–Kier alpha value is -1.30. The number of thiazole rings is 1. The first kappa shape index (κ1) is 31.2. The van der Waals surface area contributed by atoms with Gasteiger partial charge in [-0.2, -0.15) is 13.5 Å². The van der Waals surface area contributed by atoms with E-state index in [1.165, 1.54) is 11.3 Å². The minimum absolute atomic E-state index is 0.0601. The Labute approximate surface area is 231 Å². The van der Waals surface area contributed by atoms with Crippen molar-refractivity contribution in [3.8, 4) is 0 Å². The molecule has 2 aliphatic rings. The Morgan fingerprint density at radius 3 is 2.61 bits per heavy atom. The van der Waals surface area contributed by atoms with Gasteiger partial charge >= 0.3 is 0 Å². The maximum Gasteiger partial charge on any atom is 0.266 e. The van der Waals surface area contributed by atoms with E-state index < -0.39 is 22.2 Å². The third kappa shape index (κ3) is 9.13. The molecular formula is C21H36N8O6S3. The largest absolute Gasteiger partial charge is 0.297 e. The molecule has 17 heteroatoms. The third-order valence-corrected chi connectivity index (χ3v) is 9.35. The van der Waals surface area contributed by atoms with Crippen molar-refractivity contribution in [2.45, 2.75) is 76.2 Å². The summed E-state index contributed by atoms with van der Waals surface area (Å²) in [5, 5.41) is 35.9. The standard InChI is InChI=1S/C21H36N8O6S3/c1-5-13-9-15(37-35-34-30)10-14(6-2)17(13)26-18-16(28-29-21-25-12(3)19(22-4)36-21)11-24-20(27-18)23-7-8-38(31,32)33/h13-18,20,23-24,26-27,30H,5-11H2,1-3H3,(H,31,32,33). The second-order valence-corrected chi connectivity index (χ2v) is 12.9. The SMILES string of the molecule is [C-]#[N+]c1sc(N=NC2CNC(NCCS(=O)(=O)O)NC2NC2C(CC)CC(SOOO)CC2CC)nc1C. The van der Waals surface area contributed by atoms with Crippen LogP contribution in [0.5, 0.6) is 0 Å². The van der Waals surface area contributed by atoms with E-state index in [1.54, 1.807) is 6.92 Å². The highest BCUT2D eigenvalue weighted by molar-refractivity contribution is 7.95. The van der Waals surface area contributed by atoms with Crippen molar-refractivity contribution >= 4 is 43.6 Å². The van der Waals surface area contributed by atoms with Crippen LogP contribution in [0.3, 0.4) is 0 Å². The van der Waals surface area contributed by atoms with Gasteiger partial charge in [0.1, 0.15) is 12.3 Å². The molecule has 2 fully saturated rings. The lowest BCUT2D eigenvalue weighted by Gasteiger charge is -2.45. The van der Waals surface area contributed by atoms with Crippen molar-refractivity contribution in [1.29, 1.82) is 0 Å². The van der Waals surface area contributed by atoms with Gasteiger partial charge in [0.2, 0.25) is 5.13 Å². The number of hydrogen-bond acceptors (Lipinski definition) is 14. The monoisotopic (exact) mass is 592 g/mol. The van der Waals surface area contributed by atoms with Crippen LogP contribution >= 0.6 is 23.4 Å². The molecule has 1 saturated carbocycles.